The van der Waals surface area contributed by atoms with Gasteiger partial charge in [0.15, 0.2) is 0 Å². The summed E-state index contributed by atoms with van der Waals surface area (Å²) in [6, 6.07) is 5.84. The van der Waals surface area contributed by atoms with E-state index in [1.807, 2.05) is 0 Å². The van der Waals surface area contributed by atoms with Crippen LogP contribution in [0.15, 0.2) is 24.3 Å². The van der Waals surface area contributed by atoms with Crippen molar-refractivity contribution < 1.29 is 33.8 Å². The molecule has 1 aromatic rings. The second kappa shape index (κ2) is 14.4. The Morgan fingerprint density at radius 1 is 1.03 bits per heavy atom. The molecule has 1 rings (SSSR count). The number of carboxylic acids is 1. The summed E-state index contributed by atoms with van der Waals surface area (Å²) in [5, 5.41) is 18.7. The Hall–Kier alpha value is -3.67. The number of hydrogen-bond donors (Lipinski definition) is 6. The number of carboxylic acid groups (broad SMARTS) is 1. The molecular formula is C21H31N5O7. The molecule has 12 heteroatoms. The van der Waals surface area contributed by atoms with E-state index < -0.39 is 35.8 Å². The van der Waals surface area contributed by atoms with Crippen LogP contribution in [0.2, 0.25) is 0 Å². The minimum atomic E-state index is -0.954. The fourth-order valence-electron chi connectivity index (χ4n) is 2.57. The van der Waals surface area contributed by atoms with Crippen LogP contribution in [0.25, 0.3) is 0 Å². The van der Waals surface area contributed by atoms with E-state index in [9.17, 15) is 24.0 Å². The highest BCUT2D eigenvalue weighted by Gasteiger charge is 2.23. The third-order valence-corrected chi connectivity index (χ3v) is 4.32. The molecule has 0 spiro atoms. The first-order chi connectivity index (χ1) is 15.6. The van der Waals surface area contributed by atoms with E-state index in [0.717, 1.165) is 5.56 Å². The average Bonchev–Trinajstić information content (AvgIpc) is 2.77. The predicted octanol–water partition coefficient (Wildman–Crippen LogP) is -0.0682. The van der Waals surface area contributed by atoms with Gasteiger partial charge < -0.3 is 36.8 Å². The maximum absolute atomic E-state index is 12.3. The van der Waals surface area contributed by atoms with Crippen molar-refractivity contribution in [2.24, 2.45) is 11.7 Å². The SMILES string of the molecule is CC(C)[C@H](NC(=O)CN)C(=O)NCC(=O)Nc1ccc(CNC(=O)OCCCC(=O)O)cc1. The van der Waals surface area contributed by atoms with Gasteiger partial charge in [0.05, 0.1) is 19.7 Å². The summed E-state index contributed by atoms with van der Waals surface area (Å²) in [4.78, 5) is 57.8. The Labute approximate surface area is 191 Å². The van der Waals surface area contributed by atoms with Gasteiger partial charge in [0.2, 0.25) is 17.7 Å². The number of benzene rings is 1. The monoisotopic (exact) mass is 465 g/mol. The topological polar surface area (TPSA) is 189 Å². The van der Waals surface area contributed by atoms with Crippen molar-refractivity contribution in [3.63, 3.8) is 0 Å². The summed E-state index contributed by atoms with van der Waals surface area (Å²) >= 11 is 0. The molecule has 4 amide bonds. The largest absolute Gasteiger partial charge is 0.481 e. The molecule has 182 valence electrons. The van der Waals surface area contributed by atoms with Crippen molar-refractivity contribution in [3.05, 3.63) is 29.8 Å². The Bertz CT molecular complexity index is 827. The van der Waals surface area contributed by atoms with Gasteiger partial charge in [0.25, 0.3) is 0 Å². The van der Waals surface area contributed by atoms with Gasteiger partial charge in [-0.05, 0) is 30.0 Å². The lowest BCUT2D eigenvalue weighted by Crippen LogP contribution is -2.52. The molecule has 0 aliphatic heterocycles. The molecule has 12 nitrogen and oxygen atoms in total. The molecule has 0 aliphatic carbocycles. The van der Waals surface area contributed by atoms with Crippen LogP contribution in [0.3, 0.4) is 0 Å². The summed E-state index contributed by atoms with van der Waals surface area (Å²) in [5.74, 6) is -2.55. The van der Waals surface area contributed by atoms with Crippen LogP contribution in [0, 0.1) is 5.92 Å². The van der Waals surface area contributed by atoms with Crippen LogP contribution in [0.5, 0.6) is 0 Å². The number of nitrogens with one attached hydrogen (secondary N) is 4. The van der Waals surface area contributed by atoms with E-state index >= 15 is 0 Å². The van der Waals surface area contributed by atoms with Crippen LogP contribution in [-0.4, -0.2) is 60.6 Å². The van der Waals surface area contributed by atoms with Gasteiger partial charge in [-0.15, -0.1) is 0 Å². The number of nitrogens with two attached hydrogens (primary N) is 1. The lowest BCUT2D eigenvalue weighted by molar-refractivity contribution is -0.137. The molecule has 0 radical (unpaired) electrons. The first kappa shape index (κ1) is 27.4. The first-order valence-electron chi connectivity index (χ1n) is 10.4. The third kappa shape index (κ3) is 11.5. The van der Waals surface area contributed by atoms with Crippen molar-refractivity contribution >= 4 is 35.5 Å². The number of alkyl carbamates (subject to hydrolysis) is 1. The van der Waals surface area contributed by atoms with Crippen molar-refractivity contribution in [1.82, 2.24) is 16.0 Å². The molecule has 0 saturated carbocycles. The van der Waals surface area contributed by atoms with Gasteiger partial charge >= 0.3 is 12.1 Å². The highest BCUT2D eigenvalue weighted by molar-refractivity contribution is 5.96. The zero-order chi connectivity index (χ0) is 24.8. The summed E-state index contributed by atoms with van der Waals surface area (Å²) in [6.45, 7) is 3.20. The second-order valence-corrected chi connectivity index (χ2v) is 7.44. The van der Waals surface area contributed by atoms with E-state index in [-0.39, 0.29) is 45.0 Å². The fourth-order valence-corrected chi connectivity index (χ4v) is 2.57. The Morgan fingerprint density at radius 3 is 2.27 bits per heavy atom. The molecule has 0 saturated heterocycles. The van der Waals surface area contributed by atoms with E-state index in [1.54, 1.807) is 38.1 Å². The number of rotatable bonds is 13. The Balaban J connectivity index is 2.40. The standard InChI is InChI=1S/C21H31N5O7/c1-13(2)19(26-16(27)10-22)20(31)23-12-17(28)25-15-7-5-14(6-8-15)11-24-21(32)33-9-3-4-18(29)30/h5-8,13,19H,3-4,9-12,22H2,1-2H3,(H,23,31)(H,24,32)(H,25,28)(H,26,27)(H,29,30)/t19-/m0/s1. The lowest BCUT2D eigenvalue weighted by atomic mass is 10.0. The Kier molecular flexibility index (Phi) is 11.9. The molecule has 0 aliphatic rings. The summed E-state index contributed by atoms with van der Waals surface area (Å²) in [5.41, 5.74) is 6.50. The van der Waals surface area contributed by atoms with E-state index in [1.165, 1.54) is 0 Å². The number of ether oxygens (including phenoxy) is 1. The van der Waals surface area contributed by atoms with Crippen molar-refractivity contribution in [2.75, 3.05) is 25.0 Å². The molecular weight excluding hydrogens is 434 g/mol. The van der Waals surface area contributed by atoms with Crippen LogP contribution in [0.1, 0.15) is 32.3 Å². The quantitative estimate of drug-likeness (QED) is 0.218. The third-order valence-electron chi connectivity index (χ3n) is 4.32. The lowest BCUT2D eigenvalue weighted by Gasteiger charge is -2.21. The molecule has 7 N–H and O–H groups in total. The molecule has 1 atom stereocenters. The normalized spacial score (nSPS) is 11.3. The van der Waals surface area contributed by atoms with E-state index in [2.05, 4.69) is 21.3 Å². The Morgan fingerprint density at radius 2 is 1.70 bits per heavy atom. The molecule has 0 aromatic heterocycles. The van der Waals surface area contributed by atoms with E-state index in [4.69, 9.17) is 15.6 Å². The van der Waals surface area contributed by atoms with Crippen molar-refractivity contribution in [1.29, 1.82) is 0 Å². The minimum Gasteiger partial charge on any atom is -0.481 e. The number of carbonyl (C=O) groups excluding carboxylic acids is 4. The van der Waals surface area contributed by atoms with Crippen molar-refractivity contribution in [2.45, 2.75) is 39.3 Å². The molecule has 0 unspecified atom stereocenters. The zero-order valence-corrected chi connectivity index (χ0v) is 18.7. The number of carbonyl (C=O) groups is 5. The summed E-state index contributed by atoms with van der Waals surface area (Å²) in [6.07, 6.45) is -0.499. The number of hydrogen-bond acceptors (Lipinski definition) is 7. The van der Waals surface area contributed by atoms with Crippen LogP contribution in [-0.2, 0) is 30.5 Å². The maximum atomic E-state index is 12.3. The molecule has 0 heterocycles. The van der Waals surface area contributed by atoms with Crippen LogP contribution >= 0.6 is 0 Å². The highest BCUT2D eigenvalue weighted by atomic mass is 16.5. The van der Waals surface area contributed by atoms with Gasteiger partial charge in [0, 0.05) is 18.7 Å². The maximum Gasteiger partial charge on any atom is 0.407 e. The van der Waals surface area contributed by atoms with Gasteiger partial charge in [-0.2, -0.15) is 0 Å². The minimum absolute atomic E-state index is 0.0109. The summed E-state index contributed by atoms with van der Waals surface area (Å²) in [7, 11) is 0. The van der Waals surface area contributed by atoms with Gasteiger partial charge in [-0.25, -0.2) is 4.79 Å². The number of anilines is 1. The molecule has 33 heavy (non-hydrogen) atoms. The van der Waals surface area contributed by atoms with Gasteiger partial charge in [-0.1, -0.05) is 26.0 Å². The van der Waals surface area contributed by atoms with Crippen LogP contribution < -0.4 is 27.0 Å². The number of aliphatic carboxylic acids is 1. The second-order valence-electron chi connectivity index (χ2n) is 7.44. The first-order valence-corrected chi connectivity index (χ1v) is 10.4. The highest BCUT2D eigenvalue weighted by Crippen LogP contribution is 2.09. The van der Waals surface area contributed by atoms with Crippen LogP contribution in [0.4, 0.5) is 10.5 Å². The molecule has 1 aromatic carbocycles. The number of amides is 4. The zero-order valence-electron chi connectivity index (χ0n) is 18.7. The molecule has 0 bridgehead atoms. The fraction of sp³-hybridized carbons (Fsp3) is 0.476. The van der Waals surface area contributed by atoms with E-state index in [0.29, 0.717) is 5.69 Å². The van der Waals surface area contributed by atoms with Gasteiger partial charge in [-0.3, -0.25) is 19.2 Å². The molecule has 0 fully saturated rings. The van der Waals surface area contributed by atoms with Crippen molar-refractivity contribution in [3.8, 4) is 0 Å². The smallest absolute Gasteiger partial charge is 0.407 e. The van der Waals surface area contributed by atoms with Gasteiger partial charge in [0.1, 0.15) is 6.04 Å². The predicted molar refractivity (Wildman–Crippen MR) is 119 cm³/mol. The average molecular weight is 466 g/mol. The summed E-state index contributed by atoms with van der Waals surface area (Å²) < 4.78 is 4.86.